The molecule has 17 heteroatoms. The third kappa shape index (κ3) is 8.48. The zero-order valence-corrected chi connectivity index (χ0v) is 31.4. The van der Waals surface area contributed by atoms with E-state index < -0.39 is 69.3 Å². The van der Waals surface area contributed by atoms with Crippen LogP contribution in [0.2, 0.25) is 0 Å². The maximum absolute atomic E-state index is 14.9. The second-order valence-corrected chi connectivity index (χ2v) is 15.7. The van der Waals surface area contributed by atoms with Gasteiger partial charge in [0.1, 0.15) is 16.4 Å². The molecule has 3 fully saturated rings. The Balaban J connectivity index is 1.29. The summed E-state index contributed by atoms with van der Waals surface area (Å²) in [6, 6.07) is 7.20. The molecule has 1 saturated carbocycles. The van der Waals surface area contributed by atoms with Crippen molar-refractivity contribution in [2.24, 2.45) is 11.8 Å². The smallest absolute Gasteiger partial charge is 0.425 e. The lowest BCUT2D eigenvalue weighted by molar-refractivity contribution is -0.163. The van der Waals surface area contributed by atoms with Gasteiger partial charge in [-0.1, -0.05) is 31.5 Å². The summed E-state index contributed by atoms with van der Waals surface area (Å²) >= 11 is 0.366. The van der Waals surface area contributed by atoms with Gasteiger partial charge in [-0.3, -0.25) is 19.4 Å². The lowest BCUT2D eigenvalue weighted by Crippen LogP contribution is -2.68. The number of carbonyl (C=O) groups excluding carboxylic acids is 2. The van der Waals surface area contributed by atoms with E-state index in [0.29, 0.717) is 54.4 Å². The van der Waals surface area contributed by atoms with Crippen LogP contribution in [0.1, 0.15) is 91.1 Å². The van der Waals surface area contributed by atoms with E-state index in [4.69, 9.17) is 9.47 Å². The first-order chi connectivity index (χ1) is 26.5. The second kappa shape index (κ2) is 16.2. The summed E-state index contributed by atoms with van der Waals surface area (Å²) in [5.41, 5.74) is -4.89. The number of carboxylic acids is 1. The number of hydrogen-bond donors (Lipinski definition) is 2. The molecule has 2 N–H and O–H groups in total. The van der Waals surface area contributed by atoms with Crippen molar-refractivity contribution in [3.8, 4) is 11.5 Å². The molecule has 1 aromatic carbocycles. The number of carboxylic acid groups (broad SMARTS) is 1. The molecule has 0 radical (unpaired) electrons. The van der Waals surface area contributed by atoms with Gasteiger partial charge in [0.05, 0.1) is 35.3 Å². The van der Waals surface area contributed by atoms with Crippen LogP contribution in [0.3, 0.4) is 0 Å². The molecule has 2 saturated heterocycles. The quantitative estimate of drug-likeness (QED) is 0.188. The van der Waals surface area contributed by atoms with Crippen molar-refractivity contribution in [3.05, 3.63) is 75.7 Å². The molecule has 4 atom stereocenters. The summed E-state index contributed by atoms with van der Waals surface area (Å²) < 4.78 is 95.8. The number of rotatable bonds is 11. The third-order valence-electron chi connectivity index (χ3n) is 11.2. The molecule has 3 aliphatic rings. The molecule has 0 unspecified atom stereocenters. The van der Waals surface area contributed by atoms with E-state index in [2.05, 4.69) is 4.98 Å². The lowest BCUT2D eigenvalue weighted by atomic mass is 9.78. The van der Waals surface area contributed by atoms with Crippen LogP contribution in [0.25, 0.3) is 0 Å². The molecule has 0 spiro atoms. The van der Waals surface area contributed by atoms with E-state index in [-0.39, 0.29) is 70.0 Å². The predicted molar refractivity (Wildman–Crippen MR) is 191 cm³/mol. The van der Waals surface area contributed by atoms with E-state index in [1.54, 1.807) is 31.2 Å². The fourth-order valence-electron chi connectivity index (χ4n) is 8.35. The summed E-state index contributed by atoms with van der Waals surface area (Å²) in [5.74, 6) is -2.77. The number of aromatic nitrogens is 1. The molecule has 1 aliphatic carbocycles. The van der Waals surface area contributed by atoms with Crippen LogP contribution in [-0.4, -0.2) is 80.7 Å². The first-order valence-electron chi connectivity index (χ1n) is 18.6. The maximum atomic E-state index is 14.9. The van der Waals surface area contributed by atoms with E-state index in [1.165, 1.54) is 4.90 Å². The van der Waals surface area contributed by atoms with Crippen LogP contribution in [0.15, 0.2) is 54.2 Å². The zero-order valence-electron chi connectivity index (χ0n) is 30.6. The van der Waals surface area contributed by atoms with Crippen LogP contribution in [0.4, 0.5) is 26.3 Å². The summed E-state index contributed by atoms with van der Waals surface area (Å²) in [5, 5.41) is 22.5. The van der Waals surface area contributed by atoms with Crippen molar-refractivity contribution in [2.45, 2.75) is 94.3 Å². The fourth-order valence-corrected chi connectivity index (χ4v) is 9.03. The molecule has 304 valence electrons. The highest BCUT2D eigenvalue weighted by atomic mass is 32.1. The molecule has 2 aliphatic heterocycles. The molecule has 2 amide bonds. The number of carbonyl (C=O) groups is 3. The SMILES string of the molecule is CCC[C@H]1N(C(=O)c2cnccc2C(F)(F)F)CCC[C@@]1(Oc1csc(C(F)(F)F)c1)C(=O)N1CCC(O)(c2ccccc2OC[C@H]2CC[C@@H](C(=O)O)C2)CC1. The monoisotopic (exact) mass is 811 g/mol. The summed E-state index contributed by atoms with van der Waals surface area (Å²) in [7, 11) is 0. The number of amides is 2. The average molecular weight is 812 g/mol. The standard InChI is InChI=1S/C39H43F6N3O7S/c1-2-6-31-37(55-26-20-32(56-23-26)39(43,44)45,12-5-16-48(31)33(49)27-21-46-15-11-28(27)38(40,41)42)35(52)47-17-13-36(53,14-18-47)29-7-3-4-8-30(29)54-22-24-9-10-25(19-24)34(50)51/h3-4,7-8,11,15,20-21,23-25,31,53H,2,5-6,9-10,12-14,16-19,22H2,1H3,(H,50,51)/t24-,25+,31+,37-/m0/s1. The Bertz CT molecular complexity index is 1900. The van der Waals surface area contributed by atoms with Gasteiger partial charge in [-0.05, 0) is 63.0 Å². The van der Waals surface area contributed by atoms with Gasteiger partial charge in [-0.25, -0.2) is 0 Å². The third-order valence-corrected chi connectivity index (χ3v) is 12.1. The minimum atomic E-state index is -4.90. The number of ether oxygens (including phenoxy) is 2. The first kappa shape index (κ1) is 41.3. The highest BCUT2D eigenvalue weighted by Gasteiger charge is 2.56. The zero-order chi connectivity index (χ0) is 40.5. The van der Waals surface area contributed by atoms with Crippen molar-refractivity contribution >= 4 is 29.1 Å². The number of piperidine rings is 2. The number of aliphatic hydroxyl groups is 1. The highest BCUT2D eigenvalue weighted by Crippen LogP contribution is 2.45. The highest BCUT2D eigenvalue weighted by molar-refractivity contribution is 7.10. The first-order valence-corrected chi connectivity index (χ1v) is 19.5. The molecule has 56 heavy (non-hydrogen) atoms. The van der Waals surface area contributed by atoms with Gasteiger partial charge in [0.25, 0.3) is 11.8 Å². The van der Waals surface area contributed by atoms with Crippen molar-refractivity contribution in [3.63, 3.8) is 0 Å². The second-order valence-electron chi connectivity index (χ2n) is 14.8. The number of likely N-dealkylation sites (tertiary alicyclic amines) is 2. The molecule has 0 bridgehead atoms. The Morgan fingerprint density at radius 3 is 2.38 bits per heavy atom. The number of halogens is 6. The average Bonchev–Trinajstić information content (AvgIpc) is 3.85. The Morgan fingerprint density at radius 1 is 1.00 bits per heavy atom. The molecular formula is C39H43F6N3O7S. The topological polar surface area (TPSA) is 130 Å². The van der Waals surface area contributed by atoms with E-state index in [0.717, 1.165) is 28.7 Å². The van der Waals surface area contributed by atoms with Gasteiger partial charge < -0.3 is 29.5 Å². The fraction of sp³-hybridized carbons (Fsp3) is 0.538. The lowest BCUT2D eigenvalue weighted by Gasteiger charge is -2.51. The number of thiophene rings is 1. The minimum Gasteiger partial charge on any atom is -0.493 e. The molecule has 6 rings (SSSR count). The van der Waals surface area contributed by atoms with Crippen LogP contribution < -0.4 is 9.47 Å². The summed E-state index contributed by atoms with van der Waals surface area (Å²) in [6.45, 7) is 1.92. The Hall–Kier alpha value is -4.38. The number of aliphatic carboxylic acids is 1. The van der Waals surface area contributed by atoms with E-state index in [9.17, 15) is 50.9 Å². The van der Waals surface area contributed by atoms with E-state index >= 15 is 0 Å². The van der Waals surface area contributed by atoms with Crippen LogP contribution in [0.5, 0.6) is 11.5 Å². The maximum Gasteiger partial charge on any atom is 0.425 e. The Labute approximate surface area is 323 Å². The minimum absolute atomic E-state index is 0.0250. The number of benzene rings is 1. The number of para-hydroxylation sites is 1. The van der Waals surface area contributed by atoms with Crippen LogP contribution in [0, 0.1) is 11.8 Å². The van der Waals surface area contributed by atoms with Gasteiger partial charge in [0.2, 0.25) is 5.60 Å². The normalized spacial score (nSPS) is 24.2. The van der Waals surface area contributed by atoms with Gasteiger partial charge in [-0.15, -0.1) is 11.3 Å². The summed E-state index contributed by atoms with van der Waals surface area (Å²) in [4.78, 5) is 45.8. The Kier molecular flexibility index (Phi) is 12.0. The predicted octanol–water partition coefficient (Wildman–Crippen LogP) is 7.79. The number of nitrogens with zero attached hydrogens (tertiary/aromatic N) is 3. The van der Waals surface area contributed by atoms with Crippen molar-refractivity contribution in [1.29, 1.82) is 0 Å². The number of hydrogen-bond acceptors (Lipinski definition) is 8. The number of pyridine rings is 1. The largest absolute Gasteiger partial charge is 0.493 e. The van der Waals surface area contributed by atoms with Crippen molar-refractivity contribution in [1.82, 2.24) is 14.8 Å². The van der Waals surface area contributed by atoms with Crippen molar-refractivity contribution in [2.75, 3.05) is 26.2 Å². The summed E-state index contributed by atoms with van der Waals surface area (Å²) in [6.07, 6.45) is -5.60. The van der Waals surface area contributed by atoms with Gasteiger partial charge >= 0.3 is 18.3 Å². The van der Waals surface area contributed by atoms with Crippen LogP contribution >= 0.6 is 11.3 Å². The molecule has 2 aromatic heterocycles. The Morgan fingerprint density at radius 2 is 1.73 bits per heavy atom. The molecular weight excluding hydrogens is 768 g/mol. The molecule has 3 aromatic rings. The van der Waals surface area contributed by atoms with Crippen molar-refractivity contribution < 1.29 is 60.4 Å². The molecule has 4 heterocycles. The van der Waals surface area contributed by atoms with Crippen LogP contribution in [-0.2, 0) is 27.5 Å². The van der Waals surface area contributed by atoms with Gasteiger partial charge in [-0.2, -0.15) is 26.3 Å². The van der Waals surface area contributed by atoms with E-state index in [1.807, 2.05) is 0 Å². The molecule has 10 nitrogen and oxygen atoms in total. The van der Waals surface area contributed by atoms with Gasteiger partial charge in [0, 0.05) is 55.5 Å². The van der Waals surface area contributed by atoms with Gasteiger partial charge in [0.15, 0.2) is 0 Å². The number of alkyl halides is 6.